The Morgan fingerprint density at radius 1 is 0.821 bits per heavy atom. The fourth-order valence-electron chi connectivity index (χ4n) is 4.46. The number of ether oxygens (including phenoxy) is 3. The number of rotatable bonds is 10. The average Bonchev–Trinajstić information content (AvgIpc) is 2.92. The molecular weight excluding hydrogens is 520 g/mol. The van der Waals surface area contributed by atoms with Crippen LogP contribution in [0.1, 0.15) is 28.3 Å². The molecule has 0 fully saturated rings. The van der Waals surface area contributed by atoms with Crippen molar-refractivity contribution in [3.8, 4) is 5.75 Å². The van der Waals surface area contributed by atoms with Crippen LogP contribution in [0, 0.1) is 13.8 Å². The standard InChI is InChI=1S/C29H34N2O7S/c1-19-13-15-22(16-14-19)39(34,35)31(27(28(32)37-6)29(33)38-7)26(21-11-9-8-10-12-21)23-17-20(2)24(30(3)4)18-25(23)36-5/h8-18,26-27H,1-7H3. The average molecular weight is 555 g/mol. The normalized spacial score (nSPS) is 12.2. The van der Waals surface area contributed by atoms with Crippen molar-refractivity contribution in [3.63, 3.8) is 0 Å². The first-order valence-corrected chi connectivity index (χ1v) is 13.6. The number of hydrogen-bond donors (Lipinski definition) is 0. The van der Waals surface area contributed by atoms with Crippen LogP contribution in [0.15, 0.2) is 71.6 Å². The van der Waals surface area contributed by atoms with Crippen molar-refractivity contribution in [1.82, 2.24) is 4.31 Å². The molecular formula is C29H34N2O7S. The molecule has 0 bridgehead atoms. The Balaban J connectivity index is 2.48. The zero-order valence-electron chi connectivity index (χ0n) is 23.2. The summed E-state index contributed by atoms with van der Waals surface area (Å²) in [7, 11) is 2.90. The molecule has 0 saturated carbocycles. The van der Waals surface area contributed by atoms with Crippen LogP contribution in [0.3, 0.4) is 0 Å². The quantitative estimate of drug-likeness (QED) is 0.275. The first-order valence-electron chi connectivity index (χ1n) is 12.1. The molecule has 39 heavy (non-hydrogen) atoms. The highest BCUT2D eigenvalue weighted by atomic mass is 32.2. The Morgan fingerprint density at radius 2 is 1.38 bits per heavy atom. The number of sulfonamides is 1. The maximum atomic E-state index is 14.4. The summed E-state index contributed by atoms with van der Waals surface area (Å²) < 4.78 is 45.4. The molecule has 0 saturated heterocycles. The summed E-state index contributed by atoms with van der Waals surface area (Å²) in [6, 6.07) is 15.4. The van der Waals surface area contributed by atoms with E-state index in [1.54, 1.807) is 54.6 Å². The zero-order chi connectivity index (χ0) is 28.9. The van der Waals surface area contributed by atoms with Gasteiger partial charge in [-0.3, -0.25) is 0 Å². The number of anilines is 1. The highest BCUT2D eigenvalue weighted by Crippen LogP contribution is 2.42. The third-order valence-corrected chi connectivity index (χ3v) is 8.24. The minimum Gasteiger partial charge on any atom is -0.496 e. The van der Waals surface area contributed by atoms with Gasteiger partial charge >= 0.3 is 11.9 Å². The van der Waals surface area contributed by atoms with Crippen LogP contribution >= 0.6 is 0 Å². The van der Waals surface area contributed by atoms with E-state index in [1.165, 1.54) is 19.2 Å². The predicted molar refractivity (Wildman–Crippen MR) is 148 cm³/mol. The predicted octanol–water partition coefficient (Wildman–Crippen LogP) is 3.87. The SMILES string of the molecule is COC(=O)C(C(=O)OC)N(C(c1ccccc1)c1cc(C)c(N(C)C)cc1OC)S(=O)(=O)c1ccc(C)cc1. The molecule has 0 spiro atoms. The summed E-state index contributed by atoms with van der Waals surface area (Å²) in [5.41, 5.74) is 3.46. The van der Waals surface area contributed by atoms with Gasteiger partial charge in [-0.25, -0.2) is 18.0 Å². The number of benzene rings is 3. The summed E-state index contributed by atoms with van der Waals surface area (Å²) >= 11 is 0. The Morgan fingerprint density at radius 3 is 1.87 bits per heavy atom. The van der Waals surface area contributed by atoms with Crippen LogP contribution < -0.4 is 9.64 Å². The summed E-state index contributed by atoms with van der Waals surface area (Å²) in [6.07, 6.45) is 0. The fraction of sp³-hybridized carbons (Fsp3) is 0.310. The van der Waals surface area contributed by atoms with Gasteiger partial charge < -0.3 is 19.1 Å². The molecule has 1 unspecified atom stereocenters. The second-order valence-electron chi connectivity index (χ2n) is 9.19. The lowest BCUT2D eigenvalue weighted by molar-refractivity contribution is -0.158. The largest absolute Gasteiger partial charge is 0.496 e. The fourth-order valence-corrected chi connectivity index (χ4v) is 6.14. The molecule has 0 N–H and O–H groups in total. The van der Waals surface area contributed by atoms with Crippen LogP contribution in [-0.2, 0) is 29.1 Å². The monoisotopic (exact) mass is 554 g/mol. The number of aryl methyl sites for hydroxylation is 2. The van der Waals surface area contributed by atoms with Crippen LogP contribution in [0.2, 0.25) is 0 Å². The molecule has 0 aliphatic carbocycles. The molecule has 0 amide bonds. The number of hydrogen-bond acceptors (Lipinski definition) is 8. The van der Waals surface area contributed by atoms with Crippen molar-refractivity contribution in [2.24, 2.45) is 0 Å². The lowest BCUT2D eigenvalue weighted by Gasteiger charge is -2.36. The van der Waals surface area contributed by atoms with Crippen molar-refractivity contribution in [2.75, 3.05) is 40.3 Å². The van der Waals surface area contributed by atoms with Crippen molar-refractivity contribution >= 4 is 27.6 Å². The van der Waals surface area contributed by atoms with Gasteiger partial charge in [-0.05, 0) is 43.2 Å². The van der Waals surface area contributed by atoms with Crippen LogP contribution in [0.25, 0.3) is 0 Å². The van der Waals surface area contributed by atoms with E-state index in [-0.39, 0.29) is 4.90 Å². The molecule has 0 radical (unpaired) electrons. The van der Waals surface area contributed by atoms with Crippen molar-refractivity contribution in [1.29, 1.82) is 0 Å². The summed E-state index contributed by atoms with van der Waals surface area (Å²) in [6.45, 7) is 3.71. The lowest BCUT2D eigenvalue weighted by Crippen LogP contribution is -2.52. The van der Waals surface area contributed by atoms with Gasteiger partial charge in [-0.1, -0.05) is 48.0 Å². The van der Waals surface area contributed by atoms with Crippen LogP contribution in [0.4, 0.5) is 5.69 Å². The van der Waals surface area contributed by atoms with Gasteiger partial charge in [0, 0.05) is 31.4 Å². The minimum atomic E-state index is -4.52. The van der Waals surface area contributed by atoms with Gasteiger partial charge in [-0.15, -0.1) is 0 Å². The first kappa shape index (κ1) is 29.7. The number of methoxy groups -OCH3 is 3. The Labute approximate surface area is 230 Å². The van der Waals surface area contributed by atoms with Gasteiger partial charge in [0.15, 0.2) is 0 Å². The van der Waals surface area contributed by atoms with E-state index in [9.17, 15) is 18.0 Å². The molecule has 10 heteroatoms. The molecule has 0 aliphatic heterocycles. The summed E-state index contributed by atoms with van der Waals surface area (Å²) in [5, 5.41) is 0. The van der Waals surface area contributed by atoms with E-state index >= 15 is 0 Å². The van der Waals surface area contributed by atoms with E-state index in [1.807, 2.05) is 32.8 Å². The van der Waals surface area contributed by atoms with Crippen LogP contribution in [-0.4, -0.2) is 66.1 Å². The first-order chi connectivity index (χ1) is 18.5. The maximum Gasteiger partial charge on any atom is 0.335 e. The smallest absolute Gasteiger partial charge is 0.335 e. The van der Waals surface area contributed by atoms with Crippen molar-refractivity contribution < 1.29 is 32.2 Å². The molecule has 3 aromatic rings. The van der Waals surface area contributed by atoms with Gasteiger partial charge in [0.05, 0.1) is 32.3 Å². The second kappa shape index (κ2) is 12.3. The molecule has 9 nitrogen and oxygen atoms in total. The number of carbonyl (C=O) groups excluding carboxylic acids is 2. The molecule has 3 rings (SSSR count). The van der Waals surface area contributed by atoms with Gasteiger partial charge in [0.1, 0.15) is 5.75 Å². The second-order valence-corrected chi connectivity index (χ2v) is 11.0. The molecule has 208 valence electrons. The third kappa shape index (κ3) is 6.07. The van der Waals surface area contributed by atoms with E-state index in [0.717, 1.165) is 35.3 Å². The molecule has 0 aliphatic rings. The third-order valence-electron chi connectivity index (χ3n) is 6.39. The van der Waals surface area contributed by atoms with Gasteiger partial charge in [0.2, 0.25) is 16.1 Å². The molecule has 0 heterocycles. The number of carbonyl (C=O) groups is 2. The molecule has 3 aromatic carbocycles. The summed E-state index contributed by atoms with van der Waals surface area (Å²) in [5.74, 6) is -1.80. The topological polar surface area (TPSA) is 102 Å². The Hall–Kier alpha value is -3.89. The summed E-state index contributed by atoms with van der Waals surface area (Å²) in [4.78, 5) is 28.1. The molecule has 1 atom stereocenters. The van der Waals surface area contributed by atoms with Crippen LogP contribution in [0.5, 0.6) is 5.75 Å². The van der Waals surface area contributed by atoms with E-state index in [0.29, 0.717) is 16.9 Å². The van der Waals surface area contributed by atoms with Gasteiger partial charge in [0.25, 0.3) is 0 Å². The maximum absolute atomic E-state index is 14.4. The van der Waals surface area contributed by atoms with Gasteiger partial charge in [-0.2, -0.15) is 4.31 Å². The minimum absolute atomic E-state index is 0.104. The Kier molecular flexibility index (Phi) is 9.36. The zero-order valence-corrected chi connectivity index (χ0v) is 24.0. The van der Waals surface area contributed by atoms with E-state index in [2.05, 4.69) is 0 Å². The van der Waals surface area contributed by atoms with Crippen molar-refractivity contribution in [2.45, 2.75) is 30.8 Å². The number of esters is 2. The molecule has 0 aromatic heterocycles. The van der Waals surface area contributed by atoms with Crippen molar-refractivity contribution in [3.05, 3.63) is 89.0 Å². The Bertz CT molecular complexity index is 1410. The number of nitrogens with zero attached hydrogens (tertiary/aromatic N) is 2. The highest BCUT2D eigenvalue weighted by molar-refractivity contribution is 7.89. The van der Waals surface area contributed by atoms with E-state index < -0.39 is 34.0 Å². The lowest BCUT2D eigenvalue weighted by atomic mass is 9.94. The van der Waals surface area contributed by atoms with E-state index in [4.69, 9.17) is 14.2 Å². The highest BCUT2D eigenvalue weighted by Gasteiger charge is 2.48.